The molecule has 1 heterocycles. The second-order valence-corrected chi connectivity index (χ2v) is 6.07. The van der Waals surface area contributed by atoms with Crippen molar-refractivity contribution in [3.8, 4) is 0 Å². The van der Waals surface area contributed by atoms with Crippen molar-refractivity contribution in [1.29, 1.82) is 0 Å². The van der Waals surface area contributed by atoms with Crippen LogP contribution in [0.5, 0.6) is 0 Å². The van der Waals surface area contributed by atoms with Crippen LogP contribution in [0.4, 0.5) is 4.79 Å². The van der Waals surface area contributed by atoms with Gasteiger partial charge in [-0.05, 0) is 34.9 Å². The summed E-state index contributed by atoms with van der Waals surface area (Å²) in [7, 11) is 0. The Labute approximate surface area is 157 Å². The molecule has 7 nitrogen and oxygen atoms in total. The molecule has 0 saturated carbocycles. The van der Waals surface area contributed by atoms with E-state index in [2.05, 4.69) is 15.7 Å². The maximum Gasteiger partial charge on any atom is 0.312 e. The van der Waals surface area contributed by atoms with Crippen molar-refractivity contribution >= 4 is 11.9 Å². The van der Waals surface area contributed by atoms with Gasteiger partial charge in [-0.15, -0.1) is 0 Å². The average molecular weight is 363 g/mol. The lowest BCUT2D eigenvalue weighted by molar-refractivity contribution is 0.0950. The third kappa shape index (κ3) is 5.18. The SMILES string of the molecule is NC(=O)NCc1ccc(C(=O)NCc2ccccc2Cn2cccn2)cc1. The predicted octanol–water partition coefficient (Wildman–Crippen LogP) is 2.03. The Morgan fingerprint density at radius 1 is 0.926 bits per heavy atom. The van der Waals surface area contributed by atoms with Gasteiger partial charge in [0.2, 0.25) is 0 Å². The maximum atomic E-state index is 12.4. The van der Waals surface area contributed by atoms with Crippen molar-refractivity contribution < 1.29 is 9.59 Å². The van der Waals surface area contributed by atoms with Crippen LogP contribution in [0, 0.1) is 0 Å². The summed E-state index contributed by atoms with van der Waals surface area (Å²) >= 11 is 0. The Kier molecular flexibility index (Phi) is 5.84. The zero-order valence-electron chi connectivity index (χ0n) is 14.8. The highest BCUT2D eigenvalue weighted by Crippen LogP contribution is 2.11. The van der Waals surface area contributed by atoms with E-state index in [0.29, 0.717) is 25.2 Å². The molecule has 1 aromatic heterocycles. The highest BCUT2D eigenvalue weighted by Gasteiger charge is 2.08. The minimum Gasteiger partial charge on any atom is -0.352 e. The van der Waals surface area contributed by atoms with Crippen molar-refractivity contribution in [3.63, 3.8) is 0 Å². The first-order chi connectivity index (χ1) is 13.1. The van der Waals surface area contributed by atoms with E-state index < -0.39 is 6.03 Å². The molecule has 0 aliphatic carbocycles. The van der Waals surface area contributed by atoms with E-state index in [9.17, 15) is 9.59 Å². The minimum atomic E-state index is -0.578. The van der Waals surface area contributed by atoms with Gasteiger partial charge in [-0.3, -0.25) is 9.48 Å². The zero-order valence-corrected chi connectivity index (χ0v) is 14.8. The van der Waals surface area contributed by atoms with Crippen LogP contribution in [0.2, 0.25) is 0 Å². The number of aromatic nitrogens is 2. The largest absolute Gasteiger partial charge is 0.352 e. The lowest BCUT2D eigenvalue weighted by Gasteiger charge is -2.11. The van der Waals surface area contributed by atoms with Crippen LogP contribution in [0.3, 0.4) is 0 Å². The molecule has 0 unspecified atom stereocenters. The molecule has 0 fully saturated rings. The summed E-state index contributed by atoms with van der Waals surface area (Å²) in [6, 6.07) is 16.3. The normalized spacial score (nSPS) is 10.4. The number of hydrogen-bond acceptors (Lipinski definition) is 3. The number of hydrogen-bond donors (Lipinski definition) is 3. The van der Waals surface area contributed by atoms with E-state index in [4.69, 9.17) is 5.73 Å². The molecule has 0 atom stereocenters. The maximum absolute atomic E-state index is 12.4. The summed E-state index contributed by atoms with van der Waals surface area (Å²) in [6.07, 6.45) is 3.65. The molecule has 3 rings (SSSR count). The second-order valence-electron chi connectivity index (χ2n) is 6.07. The number of rotatable bonds is 7. The van der Waals surface area contributed by atoms with Gasteiger partial charge < -0.3 is 16.4 Å². The Bertz CT molecular complexity index is 904. The summed E-state index contributed by atoms with van der Waals surface area (Å²) in [5, 5.41) is 9.68. The van der Waals surface area contributed by atoms with Gasteiger partial charge in [0.25, 0.3) is 5.91 Å². The number of primary amides is 1. The molecule has 0 aliphatic heterocycles. The van der Waals surface area contributed by atoms with Crippen LogP contribution in [-0.4, -0.2) is 21.7 Å². The first kappa shape index (κ1) is 18.2. The van der Waals surface area contributed by atoms with Gasteiger partial charge in [-0.25, -0.2) is 4.79 Å². The number of amides is 3. The van der Waals surface area contributed by atoms with Crippen molar-refractivity contribution in [1.82, 2.24) is 20.4 Å². The highest BCUT2D eigenvalue weighted by atomic mass is 16.2. The summed E-state index contributed by atoms with van der Waals surface area (Å²) in [6.45, 7) is 1.42. The summed E-state index contributed by atoms with van der Waals surface area (Å²) < 4.78 is 1.85. The van der Waals surface area contributed by atoms with Crippen LogP contribution in [0.25, 0.3) is 0 Å². The quantitative estimate of drug-likeness (QED) is 0.598. The highest BCUT2D eigenvalue weighted by molar-refractivity contribution is 5.94. The Morgan fingerprint density at radius 2 is 1.67 bits per heavy atom. The fourth-order valence-corrected chi connectivity index (χ4v) is 2.69. The summed E-state index contributed by atoms with van der Waals surface area (Å²) in [4.78, 5) is 23.1. The number of carbonyl (C=O) groups is 2. The minimum absolute atomic E-state index is 0.154. The Morgan fingerprint density at radius 3 is 2.33 bits per heavy atom. The van der Waals surface area contributed by atoms with E-state index >= 15 is 0 Å². The Balaban J connectivity index is 1.60. The predicted molar refractivity (Wildman–Crippen MR) is 102 cm³/mol. The molecule has 0 aliphatic rings. The number of urea groups is 1. The van der Waals surface area contributed by atoms with Gasteiger partial charge in [0.1, 0.15) is 0 Å². The van der Waals surface area contributed by atoms with Gasteiger partial charge in [0, 0.05) is 31.0 Å². The van der Waals surface area contributed by atoms with Gasteiger partial charge in [-0.1, -0.05) is 36.4 Å². The molecule has 2 aromatic carbocycles. The van der Waals surface area contributed by atoms with E-state index in [-0.39, 0.29) is 5.91 Å². The van der Waals surface area contributed by atoms with Crippen LogP contribution >= 0.6 is 0 Å². The molecule has 138 valence electrons. The molecule has 27 heavy (non-hydrogen) atoms. The fourth-order valence-electron chi connectivity index (χ4n) is 2.69. The van der Waals surface area contributed by atoms with Crippen LogP contribution in [0.15, 0.2) is 67.0 Å². The lowest BCUT2D eigenvalue weighted by Crippen LogP contribution is -2.28. The standard InChI is InChI=1S/C20H21N5O2/c21-20(27)23-12-15-6-8-16(9-7-15)19(26)22-13-17-4-1-2-5-18(17)14-25-11-3-10-24-25/h1-11H,12-14H2,(H,22,26)(H3,21,23,27). The second kappa shape index (κ2) is 8.66. The molecule has 0 spiro atoms. The van der Waals surface area contributed by atoms with Crippen LogP contribution in [-0.2, 0) is 19.6 Å². The van der Waals surface area contributed by atoms with Gasteiger partial charge in [-0.2, -0.15) is 5.10 Å². The molecule has 4 N–H and O–H groups in total. The zero-order chi connectivity index (χ0) is 19.1. The number of carbonyl (C=O) groups excluding carboxylic acids is 2. The van der Waals surface area contributed by atoms with Crippen molar-refractivity contribution in [2.75, 3.05) is 0 Å². The van der Waals surface area contributed by atoms with E-state index in [1.165, 1.54) is 0 Å². The molecular formula is C20H21N5O2. The average Bonchev–Trinajstić information content (AvgIpc) is 3.19. The lowest BCUT2D eigenvalue weighted by atomic mass is 10.1. The molecule has 3 amide bonds. The number of nitrogens with one attached hydrogen (secondary N) is 2. The van der Waals surface area contributed by atoms with E-state index in [1.54, 1.807) is 30.5 Å². The van der Waals surface area contributed by atoms with Gasteiger partial charge >= 0.3 is 6.03 Å². The van der Waals surface area contributed by atoms with Gasteiger partial charge in [0.15, 0.2) is 0 Å². The first-order valence-corrected chi connectivity index (χ1v) is 8.56. The van der Waals surface area contributed by atoms with Crippen LogP contribution in [0.1, 0.15) is 27.0 Å². The summed E-state index contributed by atoms with van der Waals surface area (Å²) in [5.41, 5.74) is 8.63. The van der Waals surface area contributed by atoms with E-state index in [1.807, 2.05) is 41.2 Å². The molecule has 7 heteroatoms. The topological polar surface area (TPSA) is 102 Å². The first-order valence-electron chi connectivity index (χ1n) is 8.56. The molecule has 0 radical (unpaired) electrons. The molecule has 3 aromatic rings. The van der Waals surface area contributed by atoms with E-state index in [0.717, 1.165) is 16.7 Å². The number of nitrogens with two attached hydrogens (primary N) is 1. The van der Waals surface area contributed by atoms with Gasteiger partial charge in [0.05, 0.1) is 6.54 Å². The Hall–Kier alpha value is -3.61. The fraction of sp³-hybridized carbons (Fsp3) is 0.150. The van der Waals surface area contributed by atoms with Crippen molar-refractivity contribution in [2.24, 2.45) is 5.73 Å². The third-order valence-electron chi connectivity index (χ3n) is 4.13. The van der Waals surface area contributed by atoms with Crippen LogP contribution < -0.4 is 16.4 Å². The monoisotopic (exact) mass is 363 g/mol. The van der Waals surface area contributed by atoms with Crippen molar-refractivity contribution in [3.05, 3.63) is 89.2 Å². The number of nitrogens with zero attached hydrogens (tertiary/aromatic N) is 2. The van der Waals surface area contributed by atoms with Crippen molar-refractivity contribution in [2.45, 2.75) is 19.6 Å². The molecule has 0 bridgehead atoms. The molecular weight excluding hydrogens is 342 g/mol. The number of benzene rings is 2. The molecule has 0 saturated heterocycles. The third-order valence-corrected chi connectivity index (χ3v) is 4.13. The summed E-state index contributed by atoms with van der Waals surface area (Å²) in [5.74, 6) is -0.154. The smallest absolute Gasteiger partial charge is 0.312 e.